The van der Waals surface area contributed by atoms with E-state index in [1.165, 1.54) is 0 Å². The highest BCUT2D eigenvalue weighted by Crippen LogP contribution is 2.41. The molecule has 1 saturated heterocycles. The molecular formula is C36H31ClF3N9O5. The molecule has 1 aliphatic carbocycles. The first-order chi connectivity index (χ1) is 26.0. The van der Waals surface area contributed by atoms with Crippen LogP contribution in [0.25, 0.3) is 28.3 Å². The number of fused-ring (bicyclic) bond motifs is 4. The number of carbonyl (C=O) groups is 2. The number of anilines is 1. The molecule has 18 heteroatoms. The molecule has 0 radical (unpaired) electrons. The van der Waals surface area contributed by atoms with Crippen molar-refractivity contribution in [3.63, 3.8) is 0 Å². The number of nitrogens with one attached hydrogen (secondary N) is 1. The SMILES string of the molecule is O=C(Cn1c2c(c(=O)n3nc(-c4cnn(C5CC5)c4)nc13)C1(CCN(C(=O)Cc3nc4ccccc4o3)CC1)OCC2)Nc1ccc(C(F)(F)F)cc1Cl. The van der Waals surface area contributed by atoms with Crippen LogP contribution in [-0.4, -0.2) is 70.3 Å². The summed E-state index contributed by atoms with van der Waals surface area (Å²) < 4.78 is 56.6. The Balaban J connectivity index is 1.05. The molecule has 54 heavy (non-hydrogen) atoms. The van der Waals surface area contributed by atoms with Gasteiger partial charge in [-0.15, -0.1) is 5.10 Å². The van der Waals surface area contributed by atoms with Gasteiger partial charge in [0.05, 0.1) is 46.2 Å². The summed E-state index contributed by atoms with van der Waals surface area (Å²) in [5, 5.41) is 11.3. The molecule has 14 nitrogen and oxygen atoms in total. The zero-order chi connectivity index (χ0) is 37.4. The molecule has 6 aromatic rings. The van der Waals surface area contributed by atoms with Crippen molar-refractivity contribution in [2.75, 3.05) is 25.0 Å². The van der Waals surface area contributed by atoms with Crippen molar-refractivity contribution in [1.29, 1.82) is 0 Å². The molecule has 6 heterocycles. The maximum Gasteiger partial charge on any atom is 0.416 e. The number of likely N-dealkylation sites (tertiary alicyclic amines) is 1. The van der Waals surface area contributed by atoms with Gasteiger partial charge < -0.3 is 23.9 Å². The van der Waals surface area contributed by atoms with E-state index in [1.54, 1.807) is 21.7 Å². The largest absolute Gasteiger partial charge is 0.440 e. The summed E-state index contributed by atoms with van der Waals surface area (Å²) >= 11 is 6.16. The van der Waals surface area contributed by atoms with E-state index in [-0.39, 0.29) is 67.3 Å². The van der Waals surface area contributed by atoms with Crippen molar-refractivity contribution in [3.8, 4) is 11.4 Å². The monoisotopic (exact) mass is 761 g/mol. The number of oxazole rings is 1. The van der Waals surface area contributed by atoms with E-state index >= 15 is 0 Å². The molecule has 0 unspecified atom stereocenters. The Kier molecular flexibility index (Phi) is 8.11. The Morgan fingerprint density at radius 2 is 1.87 bits per heavy atom. The Bertz CT molecular complexity index is 2500. The number of ether oxygens (including phenoxy) is 1. The first-order valence-electron chi connectivity index (χ1n) is 17.5. The van der Waals surface area contributed by atoms with Gasteiger partial charge in [-0.1, -0.05) is 23.7 Å². The van der Waals surface area contributed by atoms with Crippen LogP contribution < -0.4 is 10.9 Å². The Labute approximate surface area is 308 Å². The molecule has 0 atom stereocenters. The third-order valence-corrected chi connectivity index (χ3v) is 10.6. The molecule has 9 rings (SSSR count). The summed E-state index contributed by atoms with van der Waals surface area (Å²) in [5.74, 6) is -0.144. The summed E-state index contributed by atoms with van der Waals surface area (Å²) in [6.45, 7) is 0.423. The van der Waals surface area contributed by atoms with Crippen LogP contribution in [0.2, 0.25) is 5.02 Å². The van der Waals surface area contributed by atoms with Crippen LogP contribution in [0.3, 0.4) is 0 Å². The average molecular weight is 762 g/mol. The quantitative estimate of drug-likeness (QED) is 0.232. The second kappa shape index (κ2) is 12.8. The number of hydrogen-bond donors (Lipinski definition) is 1. The number of benzene rings is 2. The smallest absolute Gasteiger partial charge is 0.416 e. The minimum absolute atomic E-state index is 0.00932. The first-order valence-corrected chi connectivity index (χ1v) is 17.8. The van der Waals surface area contributed by atoms with Crippen LogP contribution in [0, 0.1) is 0 Å². The van der Waals surface area contributed by atoms with Crippen LogP contribution in [0.5, 0.6) is 0 Å². The van der Waals surface area contributed by atoms with Crippen molar-refractivity contribution < 1.29 is 31.9 Å². The van der Waals surface area contributed by atoms with Crippen LogP contribution in [-0.2, 0) is 45.5 Å². The third-order valence-electron chi connectivity index (χ3n) is 10.2. The van der Waals surface area contributed by atoms with Gasteiger partial charge in [0, 0.05) is 31.4 Å². The van der Waals surface area contributed by atoms with Crippen LogP contribution in [0.4, 0.5) is 18.9 Å². The molecule has 1 N–H and O–H groups in total. The van der Waals surface area contributed by atoms with Crippen molar-refractivity contribution in [2.45, 2.75) is 62.9 Å². The van der Waals surface area contributed by atoms with Gasteiger partial charge >= 0.3 is 6.18 Å². The summed E-state index contributed by atoms with van der Waals surface area (Å²) in [7, 11) is 0. The fraction of sp³-hybridized carbons (Fsp3) is 0.361. The van der Waals surface area contributed by atoms with Crippen molar-refractivity contribution in [3.05, 3.63) is 92.9 Å². The van der Waals surface area contributed by atoms with E-state index in [1.807, 2.05) is 29.1 Å². The number of alkyl halides is 3. The number of halogens is 4. The molecule has 2 amide bonds. The lowest BCUT2D eigenvalue weighted by molar-refractivity contribution is -0.141. The standard InChI is InChI=1S/C36H31ClF3N9O5/c37-23-15-21(36(38,39)40)5-8-24(23)42-28(50)19-47-26-9-14-53-35(10-12-46(13-11-35)30(51)16-29-43-25-3-1-2-4-27(25)54-29)31(26)33(52)49-34(47)44-32(45-49)20-17-41-48(18-20)22-6-7-22/h1-5,8,15,17-18,22H,6-7,9-14,16,19H2,(H,42,50). The van der Waals surface area contributed by atoms with E-state index in [9.17, 15) is 27.6 Å². The predicted molar refractivity (Wildman–Crippen MR) is 187 cm³/mol. The van der Waals surface area contributed by atoms with Gasteiger partial charge in [-0.2, -0.15) is 27.8 Å². The van der Waals surface area contributed by atoms with E-state index in [0.717, 1.165) is 35.6 Å². The highest BCUT2D eigenvalue weighted by molar-refractivity contribution is 6.33. The number of amides is 2. The predicted octanol–water partition coefficient (Wildman–Crippen LogP) is 5.17. The molecular weight excluding hydrogens is 731 g/mol. The van der Waals surface area contributed by atoms with Gasteiger partial charge in [-0.3, -0.25) is 19.1 Å². The van der Waals surface area contributed by atoms with E-state index in [2.05, 4.69) is 20.5 Å². The first kappa shape index (κ1) is 34.2. The lowest BCUT2D eigenvalue weighted by Crippen LogP contribution is -2.52. The zero-order valence-electron chi connectivity index (χ0n) is 28.5. The number of carbonyl (C=O) groups excluding carboxylic acids is 2. The van der Waals surface area contributed by atoms with Crippen molar-refractivity contribution >= 4 is 46.0 Å². The zero-order valence-corrected chi connectivity index (χ0v) is 29.2. The summed E-state index contributed by atoms with van der Waals surface area (Å²) in [5.41, 5.74) is 0.175. The molecule has 278 valence electrons. The molecule has 1 saturated carbocycles. The Morgan fingerprint density at radius 1 is 1.07 bits per heavy atom. The van der Waals surface area contributed by atoms with Crippen LogP contribution >= 0.6 is 11.6 Å². The number of piperidine rings is 1. The van der Waals surface area contributed by atoms with Gasteiger partial charge in [0.25, 0.3) is 5.56 Å². The highest BCUT2D eigenvalue weighted by atomic mass is 35.5. The van der Waals surface area contributed by atoms with Gasteiger partial charge in [0.1, 0.15) is 24.1 Å². The lowest BCUT2D eigenvalue weighted by Gasteiger charge is -2.44. The maximum atomic E-state index is 14.5. The molecule has 3 aliphatic rings. The second-order valence-corrected chi connectivity index (χ2v) is 14.2. The minimum Gasteiger partial charge on any atom is -0.440 e. The molecule has 2 aliphatic heterocycles. The summed E-state index contributed by atoms with van der Waals surface area (Å²) in [4.78, 5) is 52.3. The van der Waals surface area contributed by atoms with E-state index < -0.39 is 28.8 Å². The second-order valence-electron chi connectivity index (χ2n) is 13.8. The van der Waals surface area contributed by atoms with Gasteiger partial charge in [0.15, 0.2) is 11.4 Å². The average Bonchev–Trinajstić information content (AvgIpc) is 3.50. The van der Waals surface area contributed by atoms with Gasteiger partial charge in [-0.25, -0.2) is 4.98 Å². The summed E-state index contributed by atoms with van der Waals surface area (Å²) in [6, 6.07) is 10.2. The normalized spacial score (nSPS) is 17.0. The molecule has 2 aromatic carbocycles. The van der Waals surface area contributed by atoms with Crippen molar-refractivity contribution in [1.82, 2.24) is 38.8 Å². The fourth-order valence-electron chi connectivity index (χ4n) is 7.39. The topological polar surface area (TPSA) is 155 Å². The molecule has 1 spiro atoms. The number of nitrogens with zero attached hydrogens (tertiary/aromatic N) is 8. The van der Waals surface area contributed by atoms with E-state index in [4.69, 9.17) is 25.7 Å². The highest BCUT2D eigenvalue weighted by Gasteiger charge is 2.46. The number of para-hydroxylation sites is 2. The van der Waals surface area contributed by atoms with E-state index in [0.29, 0.717) is 52.7 Å². The number of aromatic nitrogens is 7. The molecule has 2 fully saturated rings. The number of rotatable bonds is 7. The van der Waals surface area contributed by atoms with Gasteiger partial charge in [-0.05, 0) is 56.0 Å². The van der Waals surface area contributed by atoms with Crippen LogP contribution in [0.15, 0.2) is 64.1 Å². The van der Waals surface area contributed by atoms with Crippen LogP contribution in [0.1, 0.15) is 54.4 Å². The fourth-order valence-corrected chi connectivity index (χ4v) is 7.62. The molecule has 4 aromatic heterocycles. The Morgan fingerprint density at radius 3 is 2.61 bits per heavy atom. The maximum absolute atomic E-state index is 14.5. The van der Waals surface area contributed by atoms with Crippen molar-refractivity contribution in [2.24, 2.45) is 0 Å². The third kappa shape index (κ3) is 6.10. The van der Waals surface area contributed by atoms with Gasteiger partial charge in [0.2, 0.25) is 23.5 Å². The lowest BCUT2D eigenvalue weighted by atomic mass is 9.81. The molecule has 0 bridgehead atoms. The number of hydrogen-bond acceptors (Lipinski definition) is 9. The Hall–Kier alpha value is -5.55. The minimum atomic E-state index is -4.61. The summed E-state index contributed by atoms with van der Waals surface area (Å²) in [6.07, 6.45) is 1.68.